The number of hydrogen-bond acceptors (Lipinski definition) is 3. The Kier molecular flexibility index (Phi) is 4.80. The van der Waals surface area contributed by atoms with Crippen molar-refractivity contribution < 1.29 is 18.0 Å². The number of piperidine rings is 1. The highest BCUT2D eigenvalue weighted by Gasteiger charge is 2.30. The van der Waals surface area contributed by atoms with Gasteiger partial charge in [-0.15, -0.1) is 0 Å². The summed E-state index contributed by atoms with van der Waals surface area (Å²) in [7, 11) is 1.73. The average Bonchev–Trinajstić information content (AvgIpc) is 3.07. The molecular weight excluding hydrogens is 381 g/mol. The highest BCUT2D eigenvalue weighted by atomic mass is 19.4. The Hall–Kier alpha value is -2.90. The maximum atomic E-state index is 13.2. The van der Waals surface area contributed by atoms with E-state index in [1.165, 1.54) is 12.1 Å². The molecule has 0 saturated carbocycles. The summed E-state index contributed by atoms with van der Waals surface area (Å²) in [5.41, 5.74) is 1.25. The van der Waals surface area contributed by atoms with Gasteiger partial charge in [-0.3, -0.25) is 9.48 Å². The maximum absolute atomic E-state index is 13.2. The van der Waals surface area contributed by atoms with Gasteiger partial charge in [0.1, 0.15) is 0 Å². The van der Waals surface area contributed by atoms with Crippen molar-refractivity contribution in [3.05, 3.63) is 47.7 Å². The molecule has 0 radical (unpaired) electrons. The summed E-state index contributed by atoms with van der Waals surface area (Å²) in [6, 6.07) is 6.47. The van der Waals surface area contributed by atoms with Crippen molar-refractivity contribution >= 4 is 16.9 Å². The van der Waals surface area contributed by atoms with Crippen molar-refractivity contribution in [2.75, 3.05) is 13.1 Å². The van der Waals surface area contributed by atoms with Gasteiger partial charge in [-0.1, -0.05) is 19.1 Å². The number of benzene rings is 1. The Morgan fingerprint density at radius 1 is 1.21 bits per heavy atom. The van der Waals surface area contributed by atoms with E-state index < -0.39 is 11.7 Å². The van der Waals surface area contributed by atoms with Crippen molar-refractivity contribution in [3.63, 3.8) is 0 Å². The van der Waals surface area contributed by atoms with E-state index in [0.29, 0.717) is 46.9 Å². The van der Waals surface area contributed by atoms with Gasteiger partial charge in [-0.05, 0) is 37.0 Å². The second kappa shape index (κ2) is 7.17. The molecule has 1 aliphatic heterocycles. The Morgan fingerprint density at radius 3 is 2.59 bits per heavy atom. The van der Waals surface area contributed by atoms with Gasteiger partial charge in [-0.25, -0.2) is 4.98 Å². The Bertz CT molecular complexity index is 1060. The second-order valence-corrected chi connectivity index (χ2v) is 7.63. The van der Waals surface area contributed by atoms with Crippen molar-refractivity contribution in [1.29, 1.82) is 0 Å². The molecule has 1 aromatic carbocycles. The van der Waals surface area contributed by atoms with E-state index >= 15 is 0 Å². The lowest BCUT2D eigenvalue weighted by atomic mass is 9.98. The molecule has 29 heavy (non-hydrogen) atoms. The van der Waals surface area contributed by atoms with E-state index in [1.54, 1.807) is 24.0 Å². The molecule has 152 valence electrons. The van der Waals surface area contributed by atoms with Crippen LogP contribution in [0, 0.1) is 5.92 Å². The Morgan fingerprint density at radius 2 is 1.93 bits per heavy atom. The largest absolute Gasteiger partial charge is 0.416 e. The molecule has 1 unspecified atom stereocenters. The molecule has 0 spiro atoms. The molecule has 2 aromatic heterocycles. The van der Waals surface area contributed by atoms with Gasteiger partial charge in [0.05, 0.1) is 28.4 Å². The minimum atomic E-state index is -4.40. The van der Waals surface area contributed by atoms with Crippen LogP contribution in [0.25, 0.3) is 22.3 Å². The van der Waals surface area contributed by atoms with Crippen LogP contribution in [0.2, 0.25) is 0 Å². The quantitative estimate of drug-likeness (QED) is 0.633. The highest BCUT2D eigenvalue weighted by molar-refractivity contribution is 6.06. The minimum absolute atomic E-state index is 0.0925. The maximum Gasteiger partial charge on any atom is 0.416 e. The molecule has 4 rings (SSSR count). The van der Waals surface area contributed by atoms with Crippen LogP contribution in [0.3, 0.4) is 0 Å². The number of hydrogen-bond donors (Lipinski definition) is 0. The zero-order chi connectivity index (χ0) is 20.8. The van der Waals surface area contributed by atoms with E-state index in [9.17, 15) is 18.0 Å². The lowest BCUT2D eigenvalue weighted by molar-refractivity contribution is -0.137. The number of carbonyl (C=O) groups excluding carboxylic acids is 1. The van der Waals surface area contributed by atoms with Gasteiger partial charge in [-0.2, -0.15) is 18.3 Å². The molecule has 0 N–H and O–H groups in total. The van der Waals surface area contributed by atoms with Crippen LogP contribution >= 0.6 is 0 Å². The molecule has 3 aromatic rings. The van der Waals surface area contributed by atoms with Crippen LogP contribution in [0.4, 0.5) is 13.2 Å². The average molecular weight is 402 g/mol. The van der Waals surface area contributed by atoms with Crippen molar-refractivity contribution in [2.24, 2.45) is 13.0 Å². The summed E-state index contributed by atoms with van der Waals surface area (Å²) in [6.07, 6.45) is -0.733. The smallest absolute Gasteiger partial charge is 0.338 e. The fourth-order valence-corrected chi connectivity index (χ4v) is 3.81. The first-order chi connectivity index (χ1) is 13.7. The first-order valence-electron chi connectivity index (χ1n) is 9.53. The van der Waals surface area contributed by atoms with E-state index in [-0.39, 0.29) is 5.91 Å². The van der Waals surface area contributed by atoms with Crippen LogP contribution < -0.4 is 0 Å². The molecule has 1 saturated heterocycles. The molecule has 0 bridgehead atoms. The Balaban J connectivity index is 1.78. The molecule has 8 heteroatoms. The number of halogens is 3. The lowest BCUT2D eigenvalue weighted by Gasteiger charge is -2.31. The van der Waals surface area contributed by atoms with Crippen molar-refractivity contribution in [3.8, 4) is 11.3 Å². The fraction of sp³-hybridized carbons (Fsp3) is 0.381. The molecule has 1 atom stereocenters. The monoisotopic (exact) mass is 402 g/mol. The number of alkyl halides is 3. The van der Waals surface area contributed by atoms with Gasteiger partial charge >= 0.3 is 6.18 Å². The molecule has 3 heterocycles. The molecule has 1 fully saturated rings. The molecule has 1 amide bonds. The van der Waals surface area contributed by atoms with Crippen molar-refractivity contribution in [1.82, 2.24) is 19.7 Å². The Labute approximate surface area is 166 Å². The predicted molar refractivity (Wildman–Crippen MR) is 103 cm³/mol. The SMILES string of the molecule is CC1CCCN(C(=O)c2cc(-c3ccc(C(F)(F)F)cc3)nc3c2cnn3C)C1. The van der Waals surface area contributed by atoms with Crippen LogP contribution in [0.15, 0.2) is 36.5 Å². The fourth-order valence-electron chi connectivity index (χ4n) is 3.81. The first-order valence-corrected chi connectivity index (χ1v) is 9.53. The number of pyridine rings is 1. The third kappa shape index (κ3) is 3.71. The molecule has 1 aliphatic rings. The standard InChI is InChI=1S/C21H21F3N4O/c1-13-4-3-9-28(12-13)20(29)16-10-18(26-19-17(16)11-25-27(19)2)14-5-7-15(8-6-14)21(22,23)24/h5-8,10-11,13H,3-4,9,12H2,1-2H3. The second-order valence-electron chi connectivity index (χ2n) is 7.63. The molecule has 5 nitrogen and oxygen atoms in total. The van der Waals surface area contributed by atoms with E-state index in [1.807, 2.05) is 4.90 Å². The van der Waals surface area contributed by atoms with Crippen LogP contribution in [-0.4, -0.2) is 38.7 Å². The number of nitrogens with zero attached hydrogens (tertiary/aromatic N) is 4. The third-order valence-electron chi connectivity index (χ3n) is 5.39. The number of aryl methyl sites for hydroxylation is 1. The zero-order valence-electron chi connectivity index (χ0n) is 16.2. The van der Waals surface area contributed by atoms with Gasteiger partial charge < -0.3 is 4.90 Å². The van der Waals surface area contributed by atoms with E-state index in [0.717, 1.165) is 25.0 Å². The highest BCUT2D eigenvalue weighted by Crippen LogP contribution is 2.32. The summed E-state index contributed by atoms with van der Waals surface area (Å²) in [4.78, 5) is 19.6. The summed E-state index contributed by atoms with van der Waals surface area (Å²) in [5, 5.41) is 4.86. The normalized spacial score (nSPS) is 17.7. The summed E-state index contributed by atoms with van der Waals surface area (Å²) >= 11 is 0. The van der Waals surface area contributed by atoms with E-state index in [4.69, 9.17) is 0 Å². The minimum Gasteiger partial charge on any atom is -0.338 e. The molecule has 0 aliphatic carbocycles. The van der Waals surface area contributed by atoms with Gasteiger partial charge in [0.2, 0.25) is 0 Å². The summed E-state index contributed by atoms with van der Waals surface area (Å²) in [5.74, 6) is 0.346. The lowest BCUT2D eigenvalue weighted by Crippen LogP contribution is -2.39. The van der Waals surface area contributed by atoms with Crippen molar-refractivity contribution in [2.45, 2.75) is 25.9 Å². The predicted octanol–water partition coefficient (Wildman–Crippen LogP) is 4.53. The van der Waals surface area contributed by atoms with Gasteiger partial charge in [0.25, 0.3) is 5.91 Å². The third-order valence-corrected chi connectivity index (χ3v) is 5.39. The van der Waals surface area contributed by atoms with Crippen LogP contribution in [0.1, 0.15) is 35.7 Å². The van der Waals surface area contributed by atoms with Crippen LogP contribution in [-0.2, 0) is 13.2 Å². The van der Waals surface area contributed by atoms with Gasteiger partial charge in [0, 0.05) is 25.7 Å². The summed E-state index contributed by atoms with van der Waals surface area (Å²) < 4.78 is 40.2. The first kappa shape index (κ1) is 19.4. The number of carbonyl (C=O) groups is 1. The number of rotatable bonds is 2. The topological polar surface area (TPSA) is 51.0 Å². The number of likely N-dealkylation sites (tertiary alicyclic amines) is 1. The van der Waals surface area contributed by atoms with Gasteiger partial charge in [0.15, 0.2) is 5.65 Å². The van der Waals surface area contributed by atoms with E-state index in [2.05, 4.69) is 17.0 Å². The molecular formula is C21H21F3N4O. The number of amides is 1. The zero-order valence-corrected chi connectivity index (χ0v) is 16.2. The number of aromatic nitrogens is 3. The number of fused-ring (bicyclic) bond motifs is 1. The van der Waals surface area contributed by atoms with Crippen LogP contribution in [0.5, 0.6) is 0 Å². The summed E-state index contributed by atoms with van der Waals surface area (Å²) in [6.45, 7) is 3.51.